The van der Waals surface area contributed by atoms with E-state index in [9.17, 15) is 14.4 Å². The second-order valence-electron chi connectivity index (χ2n) is 11.1. The summed E-state index contributed by atoms with van der Waals surface area (Å²) in [5, 5.41) is 0. The average molecular weight is 389 g/mol. The van der Waals surface area contributed by atoms with Crippen LogP contribution in [-0.4, -0.2) is 29.0 Å². The van der Waals surface area contributed by atoms with Crippen molar-refractivity contribution in [1.82, 2.24) is 4.90 Å². The molecule has 4 heteroatoms. The largest absolute Gasteiger partial charge is 0.299 e. The number of rotatable bonds is 2. The lowest BCUT2D eigenvalue weighted by atomic mass is 9.49. The molecule has 1 heterocycles. The molecular formula is C25H27NO3. The molecule has 4 atom stereocenters. The first-order chi connectivity index (χ1) is 14.0. The van der Waals surface area contributed by atoms with Gasteiger partial charge in [0.25, 0.3) is 0 Å². The van der Waals surface area contributed by atoms with Gasteiger partial charge >= 0.3 is 0 Å². The molecular weight excluding hydrogens is 362 g/mol. The highest BCUT2D eigenvalue weighted by molar-refractivity contribution is 6.11. The number of amides is 2. The molecule has 4 nitrogen and oxygen atoms in total. The number of carbonyl (C=O) groups is 3. The van der Waals surface area contributed by atoms with Crippen molar-refractivity contribution < 1.29 is 14.4 Å². The first kappa shape index (κ1) is 16.8. The minimum absolute atomic E-state index is 0.0211. The number of hydrogen-bond donors (Lipinski definition) is 0. The molecule has 1 aromatic rings. The second-order valence-corrected chi connectivity index (χ2v) is 11.1. The van der Waals surface area contributed by atoms with Gasteiger partial charge in [0.05, 0.1) is 17.8 Å². The summed E-state index contributed by atoms with van der Waals surface area (Å²) in [5.74, 6) is 1.28. The maximum Gasteiger partial charge on any atom is 0.234 e. The number of carbonyl (C=O) groups excluding carboxylic acids is 3. The summed E-state index contributed by atoms with van der Waals surface area (Å²) in [5.41, 5.74) is 2.30. The summed E-state index contributed by atoms with van der Waals surface area (Å²) >= 11 is 0. The molecule has 7 aliphatic carbocycles. The number of benzene rings is 1. The van der Waals surface area contributed by atoms with Gasteiger partial charge in [-0.1, -0.05) is 24.3 Å². The minimum Gasteiger partial charge on any atom is -0.299 e. The molecule has 2 amide bonds. The maximum atomic E-state index is 13.6. The van der Waals surface area contributed by atoms with Crippen molar-refractivity contribution in [2.45, 2.75) is 56.8 Å². The zero-order valence-electron chi connectivity index (χ0n) is 16.7. The standard InChI is InChI=1S/C25H27NO3/c27-19-8-18-16-3-1-2-4-17(16)20(19)22-21(18)23(28)26(24(22)29)12-25-9-13-5-14(10-25)7-15(6-13)11-25/h1-4,13-15,18,20-22H,5-12H2/t13?,14?,15?,18-,20+,21-,22+,25?/m0/s1. The van der Waals surface area contributed by atoms with E-state index >= 15 is 0 Å². The van der Waals surface area contributed by atoms with E-state index in [-0.39, 0.29) is 34.8 Å². The van der Waals surface area contributed by atoms with Gasteiger partial charge in [-0.3, -0.25) is 19.3 Å². The average Bonchev–Trinajstić information content (AvgIpc) is 2.93. The van der Waals surface area contributed by atoms with Gasteiger partial charge in [-0.15, -0.1) is 0 Å². The van der Waals surface area contributed by atoms with E-state index in [1.54, 1.807) is 4.90 Å². The van der Waals surface area contributed by atoms with E-state index in [1.165, 1.54) is 38.5 Å². The number of imide groups is 1. The molecule has 6 fully saturated rings. The number of fused-ring (bicyclic) bond motifs is 1. The van der Waals surface area contributed by atoms with Crippen molar-refractivity contribution in [2.75, 3.05) is 6.54 Å². The first-order valence-corrected chi connectivity index (χ1v) is 11.5. The third-order valence-corrected chi connectivity index (χ3v) is 9.44. The third kappa shape index (κ3) is 2.08. The van der Waals surface area contributed by atoms with Crippen molar-refractivity contribution in [1.29, 1.82) is 0 Å². The smallest absolute Gasteiger partial charge is 0.234 e. The molecule has 0 N–H and O–H groups in total. The van der Waals surface area contributed by atoms with Crippen LogP contribution in [0.25, 0.3) is 0 Å². The minimum atomic E-state index is -0.447. The molecule has 5 saturated carbocycles. The fourth-order valence-corrected chi connectivity index (χ4v) is 9.00. The van der Waals surface area contributed by atoms with Gasteiger partial charge in [0.2, 0.25) is 11.8 Å². The summed E-state index contributed by atoms with van der Waals surface area (Å²) in [6, 6.07) is 8.01. The predicted molar refractivity (Wildman–Crippen MR) is 106 cm³/mol. The number of Topliss-reactive ketones (excluding diaryl/α,β-unsaturated/α-hetero) is 1. The van der Waals surface area contributed by atoms with Crippen LogP contribution in [0.1, 0.15) is 67.9 Å². The lowest BCUT2D eigenvalue weighted by Crippen LogP contribution is -2.52. The SMILES string of the molecule is O=C1C[C@H]2c3ccccc3[C@H]1[C@H]1C(=O)N(CC34CC5CC(CC(C5)C3)C4)C(=O)[C@H]12. The molecule has 6 bridgehead atoms. The Labute approximate surface area is 171 Å². The monoisotopic (exact) mass is 389 g/mol. The normalized spacial score (nSPS) is 46.4. The van der Waals surface area contributed by atoms with E-state index in [4.69, 9.17) is 0 Å². The topological polar surface area (TPSA) is 54.5 Å². The third-order valence-electron chi connectivity index (χ3n) is 9.44. The van der Waals surface area contributed by atoms with E-state index < -0.39 is 11.8 Å². The molecule has 9 rings (SSSR count). The Kier molecular flexibility index (Phi) is 3.12. The van der Waals surface area contributed by atoms with Gasteiger partial charge in [0, 0.05) is 18.9 Å². The van der Waals surface area contributed by atoms with Gasteiger partial charge in [0.1, 0.15) is 5.78 Å². The van der Waals surface area contributed by atoms with Crippen LogP contribution in [-0.2, 0) is 14.4 Å². The Morgan fingerprint density at radius 3 is 2.07 bits per heavy atom. The Balaban J connectivity index is 1.25. The predicted octanol–water partition coefficient (Wildman–Crippen LogP) is 3.66. The van der Waals surface area contributed by atoms with E-state index in [0.29, 0.717) is 13.0 Å². The summed E-state index contributed by atoms with van der Waals surface area (Å²) in [6.07, 6.45) is 8.08. The van der Waals surface area contributed by atoms with Crippen LogP contribution in [0.2, 0.25) is 0 Å². The molecule has 0 aromatic heterocycles. The molecule has 1 saturated heterocycles. The van der Waals surface area contributed by atoms with Gasteiger partial charge in [-0.05, 0) is 72.8 Å². The molecule has 8 aliphatic rings. The first-order valence-electron chi connectivity index (χ1n) is 11.5. The molecule has 1 aliphatic heterocycles. The molecule has 150 valence electrons. The number of nitrogens with zero attached hydrogens (tertiary/aromatic N) is 1. The Bertz CT molecular complexity index is 929. The van der Waals surface area contributed by atoms with Crippen molar-refractivity contribution in [3.8, 4) is 0 Å². The lowest BCUT2D eigenvalue weighted by Gasteiger charge is -2.57. The lowest BCUT2D eigenvalue weighted by molar-refractivity contribution is -0.146. The highest BCUT2D eigenvalue weighted by Crippen LogP contribution is 2.62. The number of hydrogen-bond acceptors (Lipinski definition) is 3. The maximum absolute atomic E-state index is 13.6. The number of ketones is 1. The quantitative estimate of drug-likeness (QED) is 0.726. The summed E-state index contributed by atoms with van der Waals surface area (Å²) in [4.78, 5) is 41.6. The van der Waals surface area contributed by atoms with Crippen molar-refractivity contribution in [3.63, 3.8) is 0 Å². The zero-order valence-corrected chi connectivity index (χ0v) is 16.7. The van der Waals surface area contributed by atoms with Gasteiger partial charge in [0.15, 0.2) is 0 Å². The van der Waals surface area contributed by atoms with Crippen LogP contribution in [0.5, 0.6) is 0 Å². The summed E-state index contributed by atoms with van der Waals surface area (Å²) < 4.78 is 0. The molecule has 0 spiro atoms. The van der Waals surface area contributed by atoms with Crippen LogP contribution in [0, 0.1) is 35.0 Å². The molecule has 1 aromatic carbocycles. The van der Waals surface area contributed by atoms with Crippen molar-refractivity contribution in [3.05, 3.63) is 35.4 Å². The highest BCUT2D eigenvalue weighted by Gasteiger charge is 2.63. The van der Waals surface area contributed by atoms with E-state index in [0.717, 1.165) is 28.9 Å². The summed E-state index contributed by atoms with van der Waals surface area (Å²) in [6.45, 7) is 0.616. The van der Waals surface area contributed by atoms with Gasteiger partial charge in [-0.2, -0.15) is 0 Å². The molecule has 29 heavy (non-hydrogen) atoms. The van der Waals surface area contributed by atoms with Crippen LogP contribution >= 0.6 is 0 Å². The van der Waals surface area contributed by atoms with Crippen molar-refractivity contribution >= 4 is 17.6 Å². The van der Waals surface area contributed by atoms with E-state index in [2.05, 4.69) is 6.07 Å². The fourth-order valence-electron chi connectivity index (χ4n) is 9.00. The second kappa shape index (κ2) is 5.39. The molecule has 0 unspecified atom stereocenters. The van der Waals surface area contributed by atoms with Crippen LogP contribution in [0.4, 0.5) is 0 Å². The fraction of sp³-hybridized carbons (Fsp3) is 0.640. The van der Waals surface area contributed by atoms with Crippen LogP contribution in [0.15, 0.2) is 24.3 Å². The van der Waals surface area contributed by atoms with Gasteiger partial charge < -0.3 is 0 Å². The highest BCUT2D eigenvalue weighted by atomic mass is 16.2. The van der Waals surface area contributed by atoms with Crippen LogP contribution < -0.4 is 0 Å². The van der Waals surface area contributed by atoms with Crippen LogP contribution in [0.3, 0.4) is 0 Å². The van der Waals surface area contributed by atoms with Gasteiger partial charge in [-0.25, -0.2) is 0 Å². The Hall–Kier alpha value is -1.97. The summed E-state index contributed by atoms with van der Waals surface area (Å²) in [7, 11) is 0. The van der Waals surface area contributed by atoms with Crippen molar-refractivity contribution in [2.24, 2.45) is 35.0 Å². The Morgan fingerprint density at radius 1 is 0.828 bits per heavy atom. The Morgan fingerprint density at radius 2 is 1.41 bits per heavy atom. The van der Waals surface area contributed by atoms with E-state index in [1.807, 2.05) is 18.2 Å². The number of likely N-dealkylation sites (tertiary alicyclic amines) is 1. The molecule has 0 radical (unpaired) electrons. The zero-order chi connectivity index (χ0) is 19.5.